The van der Waals surface area contributed by atoms with Crippen molar-refractivity contribution in [2.75, 3.05) is 26.4 Å². The Labute approximate surface area is 435 Å². The Kier molecular flexibility index (Phi) is 34.8. The van der Waals surface area contributed by atoms with Gasteiger partial charge in [0, 0.05) is 6.42 Å². The maximum Gasteiger partial charge on any atom is 0.220 e. The van der Waals surface area contributed by atoms with Crippen LogP contribution in [0.2, 0.25) is 0 Å². The van der Waals surface area contributed by atoms with Gasteiger partial charge in [-0.05, 0) is 44.9 Å². The maximum absolute atomic E-state index is 13.3. The van der Waals surface area contributed by atoms with Gasteiger partial charge in [-0.3, -0.25) is 4.79 Å². The minimum atomic E-state index is -1.98. The Morgan fingerprint density at radius 3 is 1.33 bits per heavy atom. The van der Waals surface area contributed by atoms with Gasteiger partial charge in [0.15, 0.2) is 18.9 Å². The molecule has 73 heavy (non-hydrogen) atoms. The fraction of sp³-hybridized carbons (Fsp3) is 0.907. The van der Waals surface area contributed by atoms with Crippen molar-refractivity contribution in [3.05, 3.63) is 24.3 Å². The molecule has 19 nitrogen and oxygen atoms in total. The molecule has 3 heterocycles. The van der Waals surface area contributed by atoms with E-state index in [-0.39, 0.29) is 18.9 Å². The summed E-state index contributed by atoms with van der Waals surface area (Å²) in [5, 5.41) is 120. The lowest BCUT2D eigenvalue weighted by Gasteiger charge is -2.48. The van der Waals surface area contributed by atoms with Crippen molar-refractivity contribution in [1.29, 1.82) is 0 Å². The molecular weight excluding hydrogens is 951 g/mol. The normalized spacial score (nSPS) is 31.9. The monoisotopic (exact) mass is 1050 g/mol. The van der Waals surface area contributed by atoms with Gasteiger partial charge >= 0.3 is 0 Å². The summed E-state index contributed by atoms with van der Waals surface area (Å²) in [5.74, 6) is -0.286. The van der Waals surface area contributed by atoms with E-state index in [9.17, 15) is 61.0 Å². The number of rotatable bonds is 40. The molecule has 1 amide bonds. The molecule has 3 saturated heterocycles. The van der Waals surface area contributed by atoms with Crippen LogP contribution in [0.5, 0.6) is 0 Å². The molecule has 0 spiro atoms. The Bertz CT molecular complexity index is 1440. The molecule has 0 aromatic heterocycles. The van der Waals surface area contributed by atoms with Gasteiger partial charge in [0.2, 0.25) is 5.91 Å². The summed E-state index contributed by atoms with van der Waals surface area (Å²) < 4.78 is 34.2. The molecule has 3 aliphatic rings. The molecule has 12 N–H and O–H groups in total. The fourth-order valence-corrected chi connectivity index (χ4v) is 9.54. The van der Waals surface area contributed by atoms with Crippen molar-refractivity contribution in [3.63, 3.8) is 0 Å². The van der Waals surface area contributed by atoms with Crippen LogP contribution in [0, 0.1) is 0 Å². The van der Waals surface area contributed by atoms with E-state index in [0.717, 1.165) is 64.2 Å². The molecule has 3 fully saturated rings. The molecule has 0 aromatic rings. The number of nitrogens with one attached hydrogen (secondary N) is 1. The molecule has 0 radical (unpaired) electrons. The Hall–Kier alpha value is -1.73. The number of amides is 1. The number of carbonyl (C=O) groups is 1. The lowest BCUT2D eigenvalue weighted by atomic mass is 9.96. The average molecular weight is 1050 g/mol. The minimum absolute atomic E-state index is 0.234. The summed E-state index contributed by atoms with van der Waals surface area (Å²) in [4.78, 5) is 13.3. The molecule has 17 atom stereocenters. The summed E-state index contributed by atoms with van der Waals surface area (Å²) >= 11 is 0. The smallest absolute Gasteiger partial charge is 0.220 e. The zero-order chi connectivity index (χ0) is 53.4. The summed E-state index contributed by atoms with van der Waals surface area (Å²) in [7, 11) is 0. The maximum atomic E-state index is 13.3. The molecule has 0 aliphatic carbocycles. The second-order valence-corrected chi connectivity index (χ2v) is 20.4. The van der Waals surface area contributed by atoms with E-state index < -0.39 is 124 Å². The van der Waals surface area contributed by atoms with E-state index in [1.165, 1.54) is 89.9 Å². The standard InChI is InChI=1S/C54H99NO18/c1-3-5-7-9-11-13-15-17-19-21-23-25-27-29-31-38(59)37(55-42(60)32-30-28-26-24-22-20-18-16-14-12-10-8-6-4-2)36-68-52-48(66)45(63)50(40(34-57)70-52)73-54-49(67)46(64)51(41(35-58)71-54)72-53-47(65)44(62)43(61)39(33-56)69-53/h16,18,29,31,37-41,43-54,56-59,61-67H,3-15,17,19-28,30,32-36H2,1-2H3,(H,55,60)/b18-16-,31-29+. The largest absolute Gasteiger partial charge is 0.394 e. The van der Waals surface area contributed by atoms with Crippen molar-refractivity contribution in [3.8, 4) is 0 Å². The van der Waals surface area contributed by atoms with Gasteiger partial charge in [-0.2, -0.15) is 0 Å². The van der Waals surface area contributed by atoms with Crippen LogP contribution < -0.4 is 5.32 Å². The lowest BCUT2D eigenvalue weighted by molar-refractivity contribution is -0.379. The number of aliphatic hydroxyl groups excluding tert-OH is 11. The first kappa shape index (κ1) is 65.6. The topological polar surface area (TPSA) is 307 Å². The van der Waals surface area contributed by atoms with E-state index in [1.807, 2.05) is 6.08 Å². The van der Waals surface area contributed by atoms with Crippen molar-refractivity contribution < 1.29 is 89.4 Å². The number of aliphatic hydroxyl groups is 11. The first-order chi connectivity index (χ1) is 35.3. The van der Waals surface area contributed by atoms with Gasteiger partial charge in [0.1, 0.15) is 73.2 Å². The highest BCUT2D eigenvalue weighted by molar-refractivity contribution is 5.76. The zero-order valence-electron chi connectivity index (χ0n) is 44.1. The second kappa shape index (κ2) is 38.8. The van der Waals surface area contributed by atoms with Gasteiger partial charge in [0.05, 0.1) is 38.6 Å². The van der Waals surface area contributed by atoms with Crippen LogP contribution in [0.15, 0.2) is 24.3 Å². The van der Waals surface area contributed by atoms with Gasteiger partial charge < -0.3 is 89.9 Å². The Balaban J connectivity index is 1.55. The SMILES string of the molecule is CCCCCCC/C=C\CCCCCCCC(=O)NC(COC1OC(CO)C(OC2OC(CO)C(OC3OC(CO)C(O)C(O)C3O)C(O)C2O)C(O)C1O)C(O)/C=C/CCCCCCCCCCCCCC. The van der Waals surface area contributed by atoms with Crippen LogP contribution in [-0.2, 0) is 33.2 Å². The molecule has 428 valence electrons. The minimum Gasteiger partial charge on any atom is -0.394 e. The summed E-state index contributed by atoms with van der Waals surface area (Å²) in [6, 6.07) is -0.973. The first-order valence-electron chi connectivity index (χ1n) is 28.1. The Morgan fingerprint density at radius 1 is 0.479 bits per heavy atom. The fourth-order valence-electron chi connectivity index (χ4n) is 9.54. The number of hydrogen-bond acceptors (Lipinski definition) is 18. The molecule has 0 bridgehead atoms. The second-order valence-electron chi connectivity index (χ2n) is 20.4. The van der Waals surface area contributed by atoms with Crippen molar-refractivity contribution in [1.82, 2.24) is 5.32 Å². The van der Waals surface area contributed by atoms with Crippen LogP contribution >= 0.6 is 0 Å². The molecule has 3 rings (SSSR count). The average Bonchev–Trinajstić information content (AvgIpc) is 3.39. The van der Waals surface area contributed by atoms with Gasteiger partial charge in [-0.1, -0.05) is 154 Å². The lowest BCUT2D eigenvalue weighted by Crippen LogP contribution is -2.66. The highest BCUT2D eigenvalue weighted by Gasteiger charge is 2.53. The van der Waals surface area contributed by atoms with E-state index in [4.69, 9.17) is 28.4 Å². The Morgan fingerprint density at radius 2 is 0.863 bits per heavy atom. The van der Waals surface area contributed by atoms with Crippen LogP contribution in [0.25, 0.3) is 0 Å². The zero-order valence-corrected chi connectivity index (χ0v) is 44.1. The van der Waals surface area contributed by atoms with Gasteiger partial charge in [-0.25, -0.2) is 0 Å². The molecule has 0 aromatic carbocycles. The van der Waals surface area contributed by atoms with E-state index in [0.29, 0.717) is 6.42 Å². The molecular formula is C54H99NO18. The molecule has 0 saturated carbocycles. The predicted molar refractivity (Wildman–Crippen MR) is 273 cm³/mol. The molecule has 17 unspecified atom stereocenters. The highest BCUT2D eigenvalue weighted by atomic mass is 16.8. The molecule has 3 aliphatic heterocycles. The summed E-state index contributed by atoms with van der Waals surface area (Å²) in [5.41, 5.74) is 0. The third kappa shape index (κ3) is 23.8. The van der Waals surface area contributed by atoms with Crippen molar-refractivity contribution in [2.24, 2.45) is 0 Å². The number of hydrogen-bond donors (Lipinski definition) is 12. The third-order valence-electron chi connectivity index (χ3n) is 14.2. The molecule has 19 heteroatoms. The first-order valence-corrected chi connectivity index (χ1v) is 28.1. The quantitative estimate of drug-likeness (QED) is 0.0308. The van der Waals surface area contributed by atoms with Crippen LogP contribution in [0.4, 0.5) is 0 Å². The van der Waals surface area contributed by atoms with Crippen LogP contribution in [0.1, 0.15) is 181 Å². The number of allylic oxidation sites excluding steroid dienone is 3. The highest BCUT2D eigenvalue weighted by Crippen LogP contribution is 2.33. The predicted octanol–water partition coefficient (Wildman–Crippen LogP) is 3.59. The van der Waals surface area contributed by atoms with E-state index in [2.05, 4.69) is 31.3 Å². The number of unbranched alkanes of at least 4 members (excludes halogenated alkanes) is 22. The number of ether oxygens (including phenoxy) is 6. The van der Waals surface area contributed by atoms with E-state index >= 15 is 0 Å². The van der Waals surface area contributed by atoms with Crippen molar-refractivity contribution >= 4 is 5.91 Å². The van der Waals surface area contributed by atoms with Gasteiger partial charge in [-0.15, -0.1) is 0 Å². The van der Waals surface area contributed by atoms with Crippen molar-refractivity contribution in [2.45, 2.75) is 285 Å². The summed E-state index contributed by atoms with van der Waals surface area (Å²) in [6.07, 6.45) is 10.2. The van der Waals surface area contributed by atoms with Gasteiger partial charge in [0.25, 0.3) is 0 Å². The van der Waals surface area contributed by atoms with Crippen LogP contribution in [0.3, 0.4) is 0 Å². The van der Waals surface area contributed by atoms with Crippen LogP contribution in [-0.4, -0.2) is 193 Å². The van der Waals surface area contributed by atoms with E-state index in [1.54, 1.807) is 6.08 Å². The summed E-state index contributed by atoms with van der Waals surface area (Å²) in [6.45, 7) is 1.68. The number of carbonyl (C=O) groups excluding carboxylic acids is 1. The third-order valence-corrected chi connectivity index (χ3v) is 14.2.